The highest BCUT2D eigenvalue weighted by molar-refractivity contribution is 5.57. The van der Waals surface area contributed by atoms with Crippen LogP contribution in [0.4, 0.5) is 17.3 Å². The number of hydrogen-bond acceptors (Lipinski definition) is 6. The molecule has 90 valence electrons. The number of aromatic nitrogens is 3. The lowest BCUT2D eigenvalue weighted by atomic mass is 10.4. The van der Waals surface area contributed by atoms with Crippen molar-refractivity contribution in [1.29, 1.82) is 5.26 Å². The molecule has 0 saturated heterocycles. The first-order chi connectivity index (χ1) is 8.88. The second-order valence-corrected chi connectivity index (χ2v) is 3.49. The SMILES string of the molecule is N#CCCNc1cc(Nc2cccnc2)ncn1. The van der Waals surface area contributed by atoms with Gasteiger partial charge in [0.25, 0.3) is 0 Å². The molecule has 0 saturated carbocycles. The van der Waals surface area contributed by atoms with Crippen LogP contribution < -0.4 is 10.6 Å². The summed E-state index contributed by atoms with van der Waals surface area (Å²) in [5.74, 6) is 1.36. The summed E-state index contributed by atoms with van der Waals surface area (Å²) in [5.41, 5.74) is 0.860. The van der Waals surface area contributed by atoms with Gasteiger partial charge in [0.2, 0.25) is 0 Å². The molecule has 0 aromatic carbocycles. The van der Waals surface area contributed by atoms with Gasteiger partial charge in [-0.25, -0.2) is 9.97 Å². The van der Waals surface area contributed by atoms with Crippen LogP contribution in [0, 0.1) is 11.3 Å². The van der Waals surface area contributed by atoms with Crippen LogP contribution in [0.5, 0.6) is 0 Å². The van der Waals surface area contributed by atoms with Gasteiger partial charge in [-0.05, 0) is 12.1 Å². The van der Waals surface area contributed by atoms with Gasteiger partial charge in [-0.1, -0.05) is 0 Å². The van der Waals surface area contributed by atoms with E-state index in [1.165, 1.54) is 6.33 Å². The van der Waals surface area contributed by atoms with E-state index in [1.807, 2.05) is 12.1 Å². The van der Waals surface area contributed by atoms with Gasteiger partial charge < -0.3 is 10.6 Å². The van der Waals surface area contributed by atoms with E-state index in [9.17, 15) is 0 Å². The highest BCUT2D eigenvalue weighted by Crippen LogP contribution is 2.14. The van der Waals surface area contributed by atoms with Crippen molar-refractivity contribution in [3.63, 3.8) is 0 Å². The van der Waals surface area contributed by atoms with Crippen molar-refractivity contribution in [2.24, 2.45) is 0 Å². The molecule has 0 amide bonds. The molecule has 0 atom stereocenters. The third-order valence-electron chi connectivity index (χ3n) is 2.14. The van der Waals surface area contributed by atoms with Crippen molar-refractivity contribution in [2.75, 3.05) is 17.2 Å². The fourth-order valence-electron chi connectivity index (χ4n) is 1.35. The summed E-state index contributed by atoms with van der Waals surface area (Å²) in [6, 6.07) is 7.59. The van der Waals surface area contributed by atoms with Crippen LogP contribution in [0.25, 0.3) is 0 Å². The van der Waals surface area contributed by atoms with Gasteiger partial charge in [-0.15, -0.1) is 0 Å². The summed E-state index contributed by atoms with van der Waals surface area (Å²) in [7, 11) is 0. The minimum atomic E-state index is 0.440. The smallest absolute Gasteiger partial charge is 0.135 e. The van der Waals surface area contributed by atoms with Crippen LogP contribution >= 0.6 is 0 Å². The van der Waals surface area contributed by atoms with Gasteiger partial charge in [-0.2, -0.15) is 5.26 Å². The topological polar surface area (TPSA) is 86.5 Å². The molecule has 6 nitrogen and oxygen atoms in total. The maximum Gasteiger partial charge on any atom is 0.135 e. The fraction of sp³-hybridized carbons (Fsp3) is 0.167. The zero-order valence-corrected chi connectivity index (χ0v) is 9.67. The van der Waals surface area contributed by atoms with Crippen LogP contribution in [0.15, 0.2) is 36.9 Å². The molecule has 0 aliphatic carbocycles. The standard InChI is InChI=1S/C12H12N6/c13-4-2-6-15-11-7-12(17-9-16-11)18-10-3-1-5-14-8-10/h1,3,5,7-9H,2,6H2,(H2,15,16,17,18). The van der Waals surface area contributed by atoms with E-state index in [0.29, 0.717) is 24.6 Å². The van der Waals surface area contributed by atoms with Crippen LogP contribution in [-0.4, -0.2) is 21.5 Å². The minimum Gasteiger partial charge on any atom is -0.369 e. The van der Waals surface area contributed by atoms with E-state index in [1.54, 1.807) is 18.5 Å². The van der Waals surface area contributed by atoms with Crippen molar-refractivity contribution in [1.82, 2.24) is 15.0 Å². The molecule has 18 heavy (non-hydrogen) atoms. The molecule has 0 fully saturated rings. The number of nitrogens with one attached hydrogen (secondary N) is 2. The Morgan fingerprint density at radius 1 is 1.28 bits per heavy atom. The van der Waals surface area contributed by atoms with E-state index in [2.05, 4.69) is 31.7 Å². The molecule has 0 bridgehead atoms. The summed E-state index contributed by atoms with van der Waals surface area (Å²) in [6.07, 6.45) is 5.33. The van der Waals surface area contributed by atoms with Gasteiger partial charge in [0.1, 0.15) is 18.0 Å². The Hall–Kier alpha value is -2.68. The van der Waals surface area contributed by atoms with Crippen molar-refractivity contribution in [3.8, 4) is 6.07 Å². The molecule has 2 aromatic heterocycles. The van der Waals surface area contributed by atoms with E-state index < -0.39 is 0 Å². The molecule has 0 aliphatic heterocycles. The Balaban J connectivity index is 2.01. The Morgan fingerprint density at radius 2 is 2.17 bits per heavy atom. The zero-order chi connectivity index (χ0) is 12.6. The predicted octanol–water partition coefficient (Wildman–Crippen LogP) is 1.94. The van der Waals surface area contributed by atoms with Gasteiger partial charge in [0, 0.05) is 18.8 Å². The highest BCUT2D eigenvalue weighted by atomic mass is 15.1. The summed E-state index contributed by atoms with van der Waals surface area (Å²) in [4.78, 5) is 12.2. The lowest BCUT2D eigenvalue weighted by Crippen LogP contribution is -2.03. The van der Waals surface area contributed by atoms with Gasteiger partial charge >= 0.3 is 0 Å². The normalized spacial score (nSPS) is 9.50. The molecule has 0 unspecified atom stereocenters. The zero-order valence-electron chi connectivity index (χ0n) is 9.67. The number of nitrogens with zero attached hydrogens (tertiary/aromatic N) is 4. The van der Waals surface area contributed by atoms with Gasteiger partial charge in [0.05, 0.1) is 24.4 Å². The number of nitriles is 1. The molecule has 6 heteroatoms. The quantitative estimate of drug-likeness (QED) is 0.777. The molecule has 0 spiro atoms. The Labute approximate surface area is 105 Å². The van der Waals surface area contributed by atoms with E-state index in [-0.39, 0.29) is 0 Å². The molecule has 0 radical (unpaired) electrons. The minimum absolute atomic E-state index is 0.440. The van der Waals surface area contributed by atoms with E-state index >= 15 is 0 Å². The van der Waals surface area contributed by atoms with Crippen LogP contribution in [0.2, 0.25) is 0 Å². The second-order valence-electron chi connectivity index (χ2n) is 3.49. The largest absolute Gasteiger partial charge is 0.369 e. The third-order valence-corrected chi connectivity index (χ3v) is 2.14. The fourth-order valence-corrected chi connectivity index (χ4v) is 1.35. The predicted molar refractivity (Wildman–Crippen MR) is 68.3 cm³/mol. The van der Waals surface area contributed by atoms with Gasteiger partial charge in [0.15, 0.2) is 0 Å². The monoisotopic (exact) mass is 240 g/mol. The Morgan fingerprint density at radius 3 is 2.94 bits per heavy atom. The summed E-state index contributed by atoms with van der Waals surface area (Å²) in [5, 5.41) is 14.6. The average molecular weight is 240 g/mol. The summed E-state index contributed by atoms with van der Waals surface area (Å²) >= 11 is 0. The second kappa shape index (κ2) is 6.15. The maximum absolute atomic E-state index is 8.45. The Kier molecular flexibility index (Phi) is 4.03. The highest BCUT2D eigenvalue weighted by Gasteiger charge is 1.99. The molecule has 2 aromatic rings. The molecule has 2 N–H and O–H groups in total. The number of anilines is 3. The molecule has 0 aliphatic rings. The first-order valence-electron chi connectivity index (χ1n) is 5.48. The van der Waals surface area contributed by atoms with Crippen molar-refractivity contribution in [3.05, 3.63) is 36.9 Å². The van der Waals surface area contributed by atoms with Crippen molar-refractivity contribution < 1.29 is 0 Å². The number of hydrogen-bond donors (Lipinski definition) is 2. The third kappa shape index (κ3) is 3.42. The van der Waals surface area contributed by atoms with Crippen molar-refractivity contribution >= 4 is 17.3 Å². The lowest BCUT2D eigenvalue weighted by Gasteiger charge is -2.07. The van der Waals surface area contributed by atoms with Crippen LogP contribution in [-0.2, 0) is 0 Å². The summed E-state index contributed by atoms with van der Waals surface area (Å²) in [6.45, 7) is 0.569. The van der Waals surface area contributed by atoms with E-state index in [0.717, 1.165) is 5.69 Å². The first kappa shape index (κ1) is 11.8. The van der Waals surface area contributed by atoms with Crippen LogP contribution in [0.1, 0.15) is 6.42 Å². The molecule has 2 heterocycles. The summed E-state index contributed by atoms with van der Waals surface area (Å²) < 4.78 is 0. The van der Waals surface area contributed by atoms with E-state index in [4.69, 9.17) is 5.26 Å². The molecule has 2 rings (SSSR count). The first-order valence-corrected chi connectivity index (χ1v) is 5.48. The lowest BCUT2D eigenvalue weighted by molar-refractivity contribution is 1.04. The van der Waals surface area contributed by atoms with Crippen molar-refractivity contribution in [2.45, 2.75) is 6.42 Å². The molecular weight excluding hydrogens is 228 g/mol. The van der Waals surface area contributed by atoms with Crippen LogP contribution in [0.3, 0.4) is 0 Å². The van der Waals surface area contributed by atoms with Gasteiger partial charge in [-0.3, -0.25) is 4.98 Å². The number of pyridine rings is 1. The average Bonchev–Trinajstić information content (AvgIpc) is 2.41. The molecular formula is C12H12N6. The maximum atomic E-state index is 8.45. The Bertz CT molecular complexity index is 534. The number of rotatable bonds is 5.